The maximum Gasteiger partial charge on any atom is 0.221 e. The first-order chi connectivity index (χ1) is 6.63. The Kier molecular flexibility index (Phi) is 3.55. The maximum absolute atomic E-state index is 10.8. The summed E-state index contributed by atoms with van der Waals surface area (Å²) in [5, 5.41) is 13.2. The molecule has 0 saturated heterocycles. The van der Waals surface area contributed by atoms with Crippen molar-refractivity contribution in [1.29, 1.82) is 5.26 Å². The molecule has 0 aliphatic rings. The van der Waals surface area contributed by atoms with Crippen LogP contribution in [0.3, 0.4) is 0 Å². The lowest BCUT2D eigenvalue weighted by atomic mass is 10.2. The van der Waals surface area contributed by atoms with Gasteiger partial charge in [-0.2, -0.15) is 5.26 Å². The summed E-state index contributed by atoms with van der Waals surface area (Å²) < 4.78 is 0. The van der Waals surface area contributed by atoms with Crippen LogP contribution in [0.15, 0.2) is 23.1 Å². The fourth-order valence-corrected chi connectivity index (χ4v) is 1.56. The predicted molar refractivity (Wildman–Crippen MR) is 57.0 cm³/mol. The third kappa shape index (κ3) is 2.79. The van der Waals surface area contributed by atoms with Crippen molar-refractivity contribution in [2.75, 3.05) is 5.32 Å². The smallest absolute Gasteiger partial charge is 0.221 e. The number of nitrogens with one attached hydrogen (secondary N) is 1. The van der Waals surface area contributed by atoms with Crippen molar-refractivity contribution in [2.24, 2.45) is 0 Å². The summed E-state index contributed by atoms with van der Waals surface area (Å²) in [6.45, 7) is 3.37. The molecule has 1 aromatic carbocycles. The lowest BCUT2D eigenvalue weighted by molar-refractivity contribution is -0.114. The summed E-state index contributed by atoms with van der Waals surface area (Å²) in [7, 11) is 0. The molecule has 1 rings (SSSR count). The number of nitriles is 1. The fourth-order valence-electron chi connectivity index (χ4n) is 1.08. The monoisotopic (exact) mass is 206 g/mol. The van der Waals surface area contributed by atoms with E-state index in [9.17, 15) is 4.79 Å². The van der Waals surface area contributed by atoms with Gasteiger partial charge in [0.25, 0.3) is 0 Å². The van der Waals surface area contributed by atoms with Gasteiger partial charge in [0.1, 0.15) is 5.40 Å². The van der Waals surface area contributed by atoms with Gasteiger partial charge < -0.3 is 5.32 Å². The molecule has 3 nitrogen and oxygen atoms in total. The highest BCUT2D eigenvalue weighted by Gasteiger charge is 2.01. The Hall–Kier alpha value is -1.47. The molecule has 0 unspecified atom stereocenters. The quantitative estimate of drug-likeness (QED) is 0.597. The Morgan fingerprint density at radius 2 is 2.29 bits per heavy atom. The number of anilines is 1. The van der Waals surface area contributed by atoms with Crippen molar-refractivity contribution in [3.63, 3.8) is 0 Å². The average molecular weight is 206 g/mol. The van der Waals surface area contributed by atoms with E-state index >= 15 is 0 Å². The van der Waals surface area contributed by atoms with E-state index < -0.39 is 0 Å². The molecule has 72 valence electrons. The molecule has 0 heterocycles. The van der Waals surface area contributed by atoms with Gasteiger partial charge in [-0.25, -0.2) is 0 Å². The zero-order valence-corrected chi connectivity index (χ0v) is 8.81. The van der Waals surface area contributed by atoms with Crippen LogP contribution in [0, 0.1) is 17.6 Å². The second-order valence-electron chi connectivity index (χ2n) is 2.85. The molecule has 0 aliphatic carbocycles. The van der Waals surface area contributed by atoms with E-state index in [1.54, 1.807) is 6.07 Å². The van der Waals surface area contributed by atoms with Crippen LogP contribution in [0.4, 0.5) is 5.69 Å². The van der Waals surface area contributed by atoms with Crippen molar-refractivity contribution >= 4 is 23.4 Å². The fraction of sp³-hybridized carbons (Fsp3) is 0.200. The van der Waals surface area contributed by atoms with Gasteiger partial charge in [-0.15, -0.1) is 0 Å². The molecule has 4 heteroatoms. The van der Waals surface area contributed by atoms with Gasteiger partial charge in [-0.3, -0.25) is 4.79 Å². The highest BCUT2D eigenvalue weighted by atomic mass is 32.2. The highest BCUT2D eigenvalue weighted by molar-refractivity contribution is 8.03. The summed E-state index contributed by atoms with van der Waals surface area (Å²) in [6, 6.07) is 5.49. The number of rotatable bonds is 2. The Bertz CT molecular complexity index is 396. The first kappa shape index (κ1) is 10.6. The molecule has 0 aromatic heterocycles. The number of nitrogens with zero attached hydrogens (tertiary/aromatic N) is 1. The van der Waals surface area contributed by atoms with Crippen LogP contribution in [-0.2, 0) is 4.79 Å². The number of amides is 1. The summed E-state index contributed by atoms with van der Waals surface area (Å²) in [5.41, 5.74) is 1.75. The van der Waals surface area contributed by atoms with Gasteiger partial charge in [0.2, 0.25) is 5.91 Å². The molecule has 1 aromatic rings. The van der Waals surface area contributed by atoms with Gasteiger partial charge in [-0.05, 0) is 42.4 Å². The Labute approximate surface area is 87.1 Å². The minimum Gasteiger partial charge on any atom is -0.326 e. The molecular formula is C10H10N2OS. The van der Waals surface area contributed by atoms with Crippen molar-refractivity contribution in [1.82, 2.24) is 0 Å². The average Bonchev–Trinajstić information content (AvgIpc) is 2.10. The largest absolute Gasteiger partial charge is 0.326 e. The predicted octanol–water partition coefficient (Wildman–Crippen LogP) is 2.53. The van der Waals surface area contributed by atoms with E-state index in [0.29, 0.717) is 0 Å². The molecule has 0 spiro atoms. The van der Waals surface area contributed by atoms with Crippen LogP contribution >= 0.6 is 11.8 Å². The molecule has 0 radical (unpaired) electrons. The van der Waals surface area contributed by atoms with Gasteiger partial charge >= 0.3 is 0 Å². The number of thiocyanates is 1. The summed E-state index contributed by atoms with van der Waals surface area (Å²) >= 11 is 1.11. The van der Waals surface area contributed by atoms with Crippen LogP contribution in [-0.4, -0.2) is 5.91 Å². The zero-order chi connectivity index (χ0) is 10.6. The lowest BCUT2D eigenvalue weighted by Crippen LogP contribution is -2.06. The minimum absolute atomic E-state index is 0.0891. The number of thioether (sulfide) groups is 1. The van der Waals surface area contributed by atoms with Crippen LogP contribution < -0.4 is 5.32 Å². The lowest BCUT2D eigenvalue weighted by Gasteiger charge is -2.06. The second kappa shape index (κ2) is 4.68. The van der Waals surface area contributed by atoms with Gasteiger partial charge in [0.15, 0.2) is 0 Å². The van der Waals surface area contributed by atoms with Crippen LogP contribution in [0.2, 0.25) is 0 Å². The maximum atomic E-state index is 10.8. The SMILES string of the molecule is CC(=O)Nc1ccc(SC#N)cc1C. The van der Waals surface area contributed by atoms with Gasteiger partial charge in [-0.1, -0.05) is 0 Å². The molecule has 1 N–H and O–H groups in total. The van der Waals surface area contributed by atoms with Crippen molar-refractivity contribution in [2.45, 2.75) is 18.7 Å². The van der Waals surface area contributed by atoms with E-state index in [4.69, 9.17) is 5.26 Å². The summed E-state index contributed by atoms with van der Waals surface area (Å²) in [6.07, 6.45) is 0. The minimum atomic E-state index is -0.0891. The topological polar surface area (TPSA) is 52.9 Å². The van der Waals surface area contributed by atoms with Gasteiger partial charge in [0, 0.05) is 17.5 Å². The van der Waals surface area contributed by atoms with Crippen molar-refractivity contribution in [3.8, 4) is 5.40 Å². The second-order valence-corrected chi connectivity index (χ2v) is 3.71. The number of carbonyl (C=O) groups is 1. The third-order valence-corrected chi connectivity index (χ3v) is 2.25. The first-order valence-corrected chi connectivity index (χ1v) is 4.89. The van der Waals surface area contributed by atoms with Crippen LogP contribution in [0.25, 0.3) is 0 Å². The Balaban J connectivity index is 2.90. The van der Waals surface area contributed by atoms with Crippen molar-refractivity contribution < 1.29 is 4.79 Å². The Morgan fingerprint density at radius 1 is 1.57 bits per heavy atom. The van der Waals surface area contributed by atoms with Crippen LogP contribution in [0.5, 0.6) is 0 Å². The van der Waals surface area contributed by atoms with Crippen molar-refractivity contribution in [3.05, 3.63) is 23.8 Å². The number of hydrogen-bond acceptors (Lipinski definition) is 3. The van der Waals surface area contributed by atoms with Crippen LogP contribution in [0.1, 0.15) is 12.5 Å². The van der Waals surface area contributed by atoms with E-state index in [1.807, 2.05) is 24.5 Å². The molecule has 0 bridgehead atoms. The normalized spacial score (nSPS) is 9.21. The van der Waals surface area contributed by atoms with E-state index in [-0.39, 0.29) is 5.91 Å². The third-order valence-electron chi connectivity index (χ3n) is 1.67. The molecule has 0 saturated carbocycles. The van der Waals surface area contributed by atoms with E-state index in [1.165, 1.54) is 6.92 Å². The first-order valence-electron chi connectivity index (χ1n) is 4.07. The molecule has 14 heavy (non-hydrogen) atoms. The molecular weight excluding hydrogens is 196 g/mol. The molecule has 0 atom stereocenters. The number of hydrogen-bond donors (Lipinski definition) is 1. The number of benzene rings is 1. The summed E-state index contributed by atoms with van der Waals surface area (Å²) in [4.78, 5) is 11.7. The number of aryl methyl sites for hydroxylation is 1. The standard InChI is InChI=1S/C10H10N2OS/c1-7-5-9(14-6-11)3-4-10(7)12-8(2)13/h3-5H,1-2H3,(H,12,13). The molecule has 0 fully saturated rings. The zero-order valence-electron chi connectivity index (χ0n) is 8.00. The van der Waals surface area contributed by atoms with E-state index in [0.717, 1.165) is 27.9 Å². The van der Waals surface area contributed by atoms with Gasteiger partial charge in [0.05, 0.1) is 0 Å². The number of carbonyl (C=O) groups excluding carboxylic acids is 1. The molecule has 0 aliphatic heterocycles. The van der Waals surface area contributed by atoms with E-state index in [2.05, 4.69) is 5.32 Å². The summed E-state index contributed by atoms with van der Waals surface area (Å²) in [5.74, 6) is -0.0891. The Morgan fingerprint density at radius 3 is 2.79 bits per heavy atom. The molecule has 1 amide bonds. The highest BCUT2D eigenvalue weighted by Crippen LogP contribution is 2.23.